The minimum Gasteiger partial charge on any atom is -0.450 e. The van der Waals surface area contributed by atoms with E-state index in [2.05, 4.69) is 13.8 Å². The summed E-state index contributed by atoms with van der Waals surface area (Å²) in [6, 6.07) is 0. The predicted molar refractivity (Wildman–Crippen MR) is 67.4 cm³/mol. The molecule has 0 aromatic heterocycles. The van der Waals surface area contributed by atoms with Gasteiger partial charge in [0.15, 0.2) is 0 Å². The van der Waals surface area contributed by atoms with Crippen LogP contribution >= 0.6 is 0 Å². The van der Waals surface area contributed by atoms with Crippen LogP contribution in [0.15, 0.2) is 0 Å². The van der Waals surface area contributed by atoms with Gasteiger partial charge in [0.25, 0.3) is 0 Å². The first kappa shape index (κ1) is 16.2. The molecule has 0 saturated carbocycles. The molecule has 0 rings (SSSR count). The summed E-state index contributed by atoms with van der Waals surface area (Å²) in [5, 5.41) is 8.60. The molecule has 0 aromatic carbocycles. The highest BCUT2D eigenvalue weighted by Crippen LogP contribution is 2.14. The lowest BCUT2D eigenvalue weighted by Crippen LogP contribution is -2.31. The fraction of sp³-hybridized carbons (Fsp3) is 0.923. The summed E-state index contributed by atoms with van der Waals surface area (Å²) in [6.07, 6.45) is 4.58. The molecule has 102 valence electrons. The maximum Gasteiger partial charge on any atom is 0.506 e. The van der Waals surface area contributed by atoms with Crippen LogP contribution in [0, 0.1) is 0 Å². The third-order valence-electron chi connectivity index (χ3n) is 2.73. The van der Waals surface area contributed by atoms with E-state index in [0.717, 1.165) is 38.5 Å². The average Bonchev–Trinajstić information content (AvgIpc) is 2.26. The van der Waals surface area contributed by atoms with Gasteiger partial charge in [0.2, 0.25) is 0 Å². The van der Waals surface area contributed by atoms with Gasteiger partial charge in [-0.2, -0.15) is 0 Å². The largest absolute Gasteiger partial charge is 0.506 e. The van der Waals surface area contributed by atoms with Gasteiger partial charge in [0, 0.05) is 6.61 Å². The van der Waals surface area contributed by atoms with E-state index in [4.69, 9.17) is 14.6 Å². The molecule has 4 heteroatoms. The van der Waals surface area contributed by atoms with E-state index in [0.29, 0.717) is 6.61 Å². The fourth-order valence-electron chi connectivity index (χ4n) is 1.66. The van der Waals surface area contributed by atoms with Crippen LogP contribution in [0.25, 0.3) is 0 Å². The van der Waals surface area contributed by atoms with Gasteiger partial charge in [-0.05, 0) is 19.8 Å². The molecule has 0 radical (unpaired) electrons. The van der Waals surface area contributed by atoms with E-state index >= 15 is 0 Å². The van der Waals surface area contributed by atoms with Gasteiger partial charge in [-0.15, -0.1) is 0 Å². The summed E-state index contributed by atoms with van der Waals surface area (Å²) in [6.45, 7) is 6.69. The molecule has 0 saturated heterocycles. The minimum absolute atomic E-state index is 0.107. The van der Waals surface area contributed by atoms with Crippen molar-refractivity contribution in [1.82, 2.24) is 0 Å². The van der Waals surface area contributed by atoms with Gasteiger partial charge in [-0.1, -0.05) is 39.5 Å². The zero-order chi connectivity index (χ0) is 13.1. The Kier molecular flexibility index (Phi) is 9.92. The minimum atomic E-state index is -1.22. The van der Waals surface area contributed by atoms with E-state index < -0.39 is 6.16 Å². The van der Waals surface area contributed by atoms with Gasteiger partial charge in [-0.3, -0.25) is 0 Å². The van der Waals surface area contributed by atoms with Gasteiger partial charge in [-0.25, -0.2) is 4.79 Å². The Bertz CT molecular complexity index is 184. The van der Waals surface area contributed by atoms with Crippen LogP contribution < -0.4 is 0 Å². The first-order valence-electron chi connectivity index (χ1n) is 6.63. The number of rotatable bonds is 10. The third kappa shape index (κ3) is 8.98. The van der Waals surface area contributed by atoms with Crippen molar-refractivity contribution in [3.63, 3.8) is 0 Å². The Morgan fingerprint density at radius 3 is 2.35 bits per heavy atom. The lowest BCUT2D eigenvalue weighted by molar-refractivity contribution is -0.0536. The zero-order valence-electron chi connectivity index (χ0n) is 11.3. The van der Waals surface area contributed by atoms with Gasteiger partial charge >= 0.3 is 6.16 Å². The molecule has 1 N–H and O–H groups in total. The first-order valence-corrected chi connectivity index (χ1v) is 6.63. The van der Waals surface area contributed by atoms with Crippen molar-refractivity contribution in [1.29, 1.82) is 0 Å². The van der Waals surface area contributed by atoms with Crippen molar-refractivity contribution in [2.75, 3.05) is 6.61 Å². The fourth-order valence-corrected chi connectivity index (χ4v) is 1.66. The van der Waals surface area contributed by atoms with Crippen molar-refractivity contribution in [3.05, 3.63) is 0 Å². The molecule has 0 amide bonds. The van der Waals surface area contributed by atoms with Gasteiger partial charge in [0.1, 0.15) is 6.10 Å². The molecule has 0 heterocycles. The molecular weight excluding hydrogens is 220 g/mol. The standard InChI is InChI=1S/C13H26O4/c1-4-6-8-9-12(16-10-7-5-2)11(3)17-13(14)15/h11-12H,4-10H2,1-3H3,(H,14,15). The van der Waals surface area contributed by atoms with Crippen LogP contribution in [-0.4, -0.2) is 30.1 Å². The highest BCUT2D eigenvalue weighted by molar-refractivity contribution is 5.57. The predicted octanol–water partition coefficient (Wildman–Crippen LogP) is 3.84. The molecule has 2 unspecified atom stereocenters. The van der Waals surface area contributed by atoms with Gasteiger partial charge in [0.05, 0.1) is 6.10 Å². The highest BCUT2D eigenvalue weighted by atomic mass is 16.7. The molecule has 0 spiro atoms. The second-order valence-electron chi connectivity index (χ2n) is 4.35. The number of hydrogen-bond donors (Lipinski definition) is 1. The molecule has 0 bridgehead atoms. The Morgan fingerprint density at radius 2 is 1.82 bits per heavy atom. The summed E-state index contributed by atoms with van der Waals surface area (Å²) in [5.74, 6) is 0. The molecule has 0 aliphatic heterocycles. The van der Waals surface area contributed by atoms with Crippen molar-refractivity contribution in [2.24, 2.45) is 0 Å². The Hall–Kier alpha value is -0.770. The average molecular weight is 246 g/mol. The van der Waals surface area contributed by atoms with Crippen molar-refractivity contribution in [2.45, 2.75) is 71.5 Å². The topological polar surface area (TPSA) is 55.8 Å². The molecule has 2 atom stereocenters. The molecule has 0 aliphatic carbocycles. The van der Waals surface area contributed by atoms with E-state index in [1.165, 1.54) is 0 Å². The summed E-state index contributed by atoms with van der Waals surface area (Å²) in [4.78, 5) is 10.5. The molecule has 0 fully saturated rings. The molecule has 0 aromatic rings. The van der Waals surface area contributed by atoms with E-state index in [9.17, 15) is 4.79 Å². The van der Waals surface area contributed by atoms with Crippen LogP contribution in [0.2, 0.25) is 0 Å². The van der Waals surface area contributed by atoms with Crippen LogP contribution in [0.1, 0.15) is 59.3 Å². The molecule has 4 nitrogen and oxygen atoms in total. The Morgan fingerprint density at radius 1 is 1.18 bits per heavy atom. The first-order chi connectivity index (χ1) is 8.11. The maximum atomic E-state index is 10.5. The molecular formula is C13H26O4. The second-order valence-corrected chi connectivity index (χ2v) is 4.35. The van der Waals surface area contributed by atoms with E-state index in [-0.39, 0.29) is 12.2 Å². The summed E-state index contributed by atoms with van der Waals surface area (Å²) >= 11 is 0. The SMILES string of the molecule is CCCCCC(OCCCC)C(C)OC(=O)O. The molecule has 17 heavy (non-hydrogen) atoms. The van der Waals surface area contributed by atoms with Crippen LogP contribution in [0.3, 0.4) is 0 Å². The van der Waals surface area contributed by atoms with Crippen molar-refractivity contribution in [3.8, 4) is 0 Å². The monoisotopic (exact) mass is 246 g/mol. The summed E-state index contributed by atoms with van der Waals surface area (Å²) < 4.78 is 10.5. The Labute approximate surface area is 104 Å². The van der Waals surface area contributed by atoms with Gasteiger partial charge < -0.3 is 14.6 Å². The van der Waals surface area contributed by atoms with Crippen LogP contribution in [-0.2, 0) is 9.47 Å². The quantitative estimate of drug-likeness (QED) is 0.470. The van der Waals surface area contributed by atoms with Crippen LogP contribution in [0.4, 0.5) is 4.79 Å². The number of hydrogen-bond acceptors (Lipinski definition) is 3. The third-order valence-corrected chi connectivity index (χ3v) is 2.73. The van der Waals surface area contributed by atoms with Crippen LogP contribution in [0.5, 0.6) is 0 Å². The molecule has 0 aliphatic rings. The summed E-state index contributed by atoms with van der Waals surface area (Å²) in [7, 11) is 0. The zero-order valence-corrected chi connectivity index (χ0v) is 11.3. The van der Waals surface area contributed by atoms with Crippen molar-refractivity contribution < 1.29 is 19.4 Å². The van der Waals surface area contributed by atoms with E-state index in [1.807, 2.05) is 0 Å². The van der Waals surface area contributed by atoms with Crippen molar-refractivity contribution >= 4 is 6.16 Å². The maximum absolute atomic E-state index is 10.5. The smallest absolute Gasteiger partial charge is 0.450 e. The normalized spacial score (nSPS) is 14.3. The highest BCUT2D eigenvalue weighted by Gasteiger charge is 2.20. The Balaban J connectivity index is 4.02. The number of ether oxygens (including phenoxy) is 2. The second kappa shape index (κ2) is 10.4. The number of unbranched alkanes of at least 4 members (excludes halogenated alkanes) is 3. The lowest BCUT2D eigenvalue weighted by atomic mass is 10.1. The summed E-state index contributed by atoms with van der Waals surface area (Å²) in [5.41, 5.74) is 0. The number of carbonyl (C=O) groups is 1. The number of carboxylic acid groups (broad SMARTS) is 1. The lowest BCUT2D eigenvalue weighted by Gasteiger charge is -2.23. The van der Waals surface area contributed by atoms with E-state index in [1.54, 1.807) is 6.92 Å².